The Balaban J connectivity index is 1.70. The number of ether oxygens (including phenoxy) is 4. The largest absolute Gasteiger partial charge is 0.394 e. The lowest BCUT2D eigenvalue weighted by Crippen LogP contribution is -2.38. The Morgan fingerprint density at radius 2 is 2.05 bits per heavy atom. The molecule has 0 radical (unpaired) electrons. The van der Waals surface area contributed by atoms with Crippen molar-refractivity contribution in [3.8, 4) is 0 Å². The molecule has 1 N–H and O–H groups in total. The number of hydrogen-bond donors (Lipinski definition) is 1. The van der Waals surface area contributed by atoms with E-state index in [0.717, 1.165) is 5.56 Å². The minimum absolute atomic E-state index is 0.366. The molecule has 0 aromatic heterocycles. The van der Waals surface area contributed by atoms with Crippen molar-refractivity contribution >= 4 is 0 Å². The van der Waals surface area contributed by atoms with Crippen LogP contribution in [0.1, 0.15) is 20.8 Å². The average molecular weight is 281 g/mol. The van der Waals surface area contributed by atoms with Crippen LogP contribution in [0, 0.1) is 0 Å². The highest BCUT2D eigenvalue weighted by atomic mass is 16.8. The summed E-state index contributed by atoms with van der Waals surface area (Å²) in [5.74, 6) is -0.748. The van der Waals surface area contributed by atoms with Gasteiger partial charge in [-0.15, -0.1) is 0 Å². The van der Waals surface area contributed by atoms with Crippen LogP contribution in [0.25, 0.3) is 0 Å². The van der Waals surface area contributed by atoms with Crippen molar-refractivity contribution < 1.29 is 25.4 Å². The minimum Gasteiger partial charge on any atom is -0.394 e. The fourth-order valence-corrected chi connectivity index (χ4v) is 2.58. The molecule has 0 aliphatic carbocycles. The van der Waals surface area contributed by atoms with Gasteiger partial charge in [-0.3, -0.25) is 0 Å². The summed E-state index contributed by atoms with van der Waals surface area (Å²) in [4.78, 5) is 0. The molecule has 2 fully saturated rings. The molecule has 0 spiro atoms. The number of benzene rings is 1. The average Bonchev–Trinajstić information content (AvgIpc) is 2.90. The van der Waals surface area contributed by atoms with Gasteiger partial charge in [0.2, 0.25) is 0 Å². The number of hydrogen-bond acceptors (Lipinski definition) is 5. The predicted octanol–water partition coefficient (Wildman–Crippen LogP) is 1.44. The van der Waals surface area contributed by atoms with E-state index < -0.39 is 37.0 Å². The van der Waals surface area contributed by atoms with Crippen LogP contribution in [-0.4, -0.2) is 42.1 Å². The lowest BCUT2D eigenvalue weighted by Gasteiger charge is -2.25. The molecule has 0 unspecified atom stereocenters. The van der Waals surface area contributed by atoms with Crippen molar-refractivity contribution in [2.75, 3.05) is 6.58 Å². The Bertz CT molecular complexity index is 478. The number of aliphatic hydroxyl groups excluding tert-OH is 1. The monoisotopic (exact) mass is 281 g/mol. The molecule has 5 nitrogen and oxygen atoms in total. The highest BCUT2D eigenvalue weighted by molar-refractivity contribution is 5.13. The van der Waals surface area contributed by atoms with Crippen molar-refractivity contribution in [3.63, 3.8) is 0 Å². The Labute approximate surface area is 119 Å². The minimum atomic E-state index is -1.40. The van der Waals surface area contributed by atoms with E-state index in [1.165, 1.54) is 0 Å². The van der Waals surface area contributed by atoms with Crippen molar-refractivity contribution in [2.45, 2.75) is 50.8 Å². The van der Waals surface area contributed by atoms with E-state index >= 15 is 0 Å². The van der Waals surface area contributed by atoms with Gasteiger partial charge in [0.15, 0.2) is 12.1 Å². The molecule has 2 saturated heterocycles. The van der Waals surface area contributed by atoms with Gasteiger partial charge in [0.25, 0.3) is 0 Å². The molecule has 2 heterocycles. The van der Waals surface area contributed by atoms with E-state index in [-0.39, 0.29) is 0 Å². The van der Waals surface area contributed by atoms with Crippen LogP contribution in [0.5, 0.6) is 0 Å². The molecule has 0 saturated carbocycles. The molecule has 1 aromatic rings. The van der Waals surface area contributed by atoms with Crippen LogP contribution in [0.2, 0.25) is 0 Å². The molecular weight excluding hydrogens is 260 g/mol. The van der Waals surface area contributed by atoms with Gasteiger partial charge in [0.05, 0.1) is 14.6 Å². The molecule has 1 aromatic carbocycles. The van der Waals surface area contributed by atoms with E-state index in [4.69, 9.17) is 20.3 Å². The summed E-state index contributed by atoms with van der Waals surface area (Å²) in [6.45, 7) is 2.57. The normalized spacial score (nSPS) is 37.5. The van der Waals surface area contributed by atoms with Gasteiger partial charge < -0.3 is 24.1 Å². The zero-order chi connectivity index (χ0) is 15.0. The van der Waals surface area contributed by atoms with Crippen molar-refractivity contribution in [2.24, 2.45) is 0 Å². The van der Waals surface area contributed by atoms with Gasteiger partial charge in [-0.05, 0) is 19.4 Å². The van der Waals surface area contributed by atoms with Gasteiger partial charge in [-0.1, -0.05) is 30.3 Å². The molecule has 110 valence electrons. The second kappa shape index (κ2) is 5.42. The first kappa shape index (κ1) is 12.7. The van der Waals surface area contributed by atoms with E-state index in [1.807, 2.05) is 30.3 Å². The zero-order valence-electron chi connectivity index (χ0n) is 12.6. The lowest BCUT2D eigenvalue weighted by atomic mass is 10.1. The van der Waals surface area contributed by atoms with Crippen LogP contribution in [0.4, 0.5) is 0 Å². The van der Waals surface area contributed by atoms with Crippen LogP contribution in [0.15, 0.2) is 30.3 Å². The zero-order valence-corrected chi connectivity index (χ0v) is 11.6. The fraction of sp³-hybridized carbons (Fsp3) is 0.600. The Morgan fingerprint density at radius 1 is 1.30 bits per heavy atom. The number of rotatable bonds is 4. The van der Waals surface area contributed by atoms with Crippen molar-refractivity contribution in [3.05, 3.63) is 35.9 Å². The lowest BCUT2D eigenvalue weighted by molar-refractivity contribution is -0.222. The SMILES string of the molecule is [2H][C@H](O)[C@H]1O[C@@H]2OC(C)(C)O[C@@H]2[C@@H]1OCc1ccccc1. The van der Waals surface area contributed by atoms with Crippen LogP contribution in [0.3, 0.4) is 0 Å². The maximum Gasteiger partial charge on any atom is 0.190 e. The van der Waals surface area contributed by atoms with E-state index in [9.17, 15) is 5.11 Å². The summed E-state index contributed by atoms with van der Waals surface area (Å²) in [6.07, 6.45) is -2.36. The maximum atomic E-state index is 9.56. The third-order valence-corrected chi connectivity index (χ3v) is 3.46. The third kappa shape index (κ3) is 2.73. The summed E-state index contributed by atoms with van der Waals surface area (Å²) >= 11 is 0. The van der Waals surface area contributed by atoms with Gasteiger partial charge in [-0.2, -0.15) is 0 Å². The molecule has 5 atom stereocenters. The molecule has 2 aliphatic rings. The summed E-state index contributed by atoms with van der Waals surface area (Å²) in [5.41, 5.74) is 1.01. The topological polar surface area (TPSA) is 57.2 Å². The summed E-state index contributed by atoms with van der Waals surface area (Å²) in [7, 11) is 0. The van der Waals surface area contributed by atoms with Gasteiger partial charge in [0, 0.05) is 0 Å². The molecular formula is C15H20O5. The van der Waals surface area contributed by atoms with Crippen LogP contribution in [-0.2, 0) is 25.6 Å². The van der Waals surface area contributed by atoms with Crippen LogP contribution < -0.4 is 0 Å². The summed E-state index contributed by atoms with van der Waals surface area (Å²) in [5, 5.41) is 9.56. The van der Waals surface area contributed by atoms with Gasteiger partial charge >= 0.3 is 0 Å². The first-order chi connectivity index (χ1) is 9.96. The number of aliphatic hydroxyl groups is 1. The fourth-order valence-electron chi connectivity index (χ4n) is 2.58. The molecule has 20 heavy (non-hydrogen) atoms. The predicted molar refractivity (Wildman–Crippen MR) is 70.8 cm³/mol. The Kier molecular flexibility index (Phi) is 3.45. The first-order valence-corrected chi connectivity index (χ1v) is 6.73. The van der Waals surface area contributed by atoms with Crippen molar-refractivity contribution in [1.82, 2.24) is 0 Å². The summed E-state index contributed by atoms with van der Waals surface area (Å²) < 4.78 is 30.3. The third-order valence-electron chi connectivity index (χ3n) is 3.46. The molecule has 0 bridgehead atoms. The molecule has 0 amide bonds. The second-order valence-corrected chi connectivity index (χ2v) is 5.48. The highest BCUT2D eigenvalue weighted by Gasteiger charge is 2.55. The quantitative estimate of drug-likeness (QED) is 0.905. The van der Waals surface area contributed by atoms with Gasteiger partial charge in [-0.25, -0.2) is 0 Å². The Morgan fingerprint density at radius 3 is 2.75 bits per heavy atom. The smallest absolute Gasteiger partial charge is 0.190 e. The molecule has 3 rings (SSSR count). The molecule has 5 heteroatoms. The first-order valence-electron chi connectivity index (χ1n) is 7.31. The Hall–Kier alpha value is -0.980. The van der Waals surface area contributed by atoms with Crippen molar-refractivity contribution in [1.29, 1.82) is 0 Å². The van der Waals surface area contributed by atoms with E-state index in [2.05, 4.69) is 0 Å². The number of fused-ring (bicyclic) bond motifs is 1. The van der Waals surface area contributed by atoms with E-state index in [1.54, 1.807) is 13.8 Å². The molecule has 2 aliphatic heterocycles. The van der Waals surface area contributed by atoms with E-state index in [0.29, 0.717) is 6.61 Å². The summed E-state index contributed by atoms with van der Waals surface area (Å²) in [6, 6.07) is 9.71. The van der Waals surface area contributed by atoms with Gasteiger partial charge in [0.1, 0.15) is 18.3 Å². The standard InChI is InChI=1S/C15H20O5/c1-15(2)19-13-12(11(8-16)18-14(13)20-15)17-9-10-6-4-3-5-7-10/h3-7,11-14,16H,8-9H2,1-2H3/t11-,12-,13-,14-/m1/s1/i8D/t8-,11+,12+,13+,14+/m0. The maximum absolute atomic E-state index is 9.56. The van der Waals surface area contributed by atoms with Crippen LogP contribution >= 0.6 is 0 Å². The second-order valence-electron chi connectivity index (χ2n) is 5.48. The highest BCUT2D eigenvalue weighted by Crippen LogP contribution is 2.38.